The number of imidazole rings is 1. The summed E-state index contributed by atoms with van der Waals surface area (Å²) in [7, 11) is 0. The van der Waals surface area contributed by atoms with Crippen LogP contribution in [-0.2, 0) is 0 Å². The predicted octanol–water partition coefficient (Wildman–Crippen LogP) is 1.74. The van der Waals surface area contributed by atoms with Gasteiger partial charge in [0.05, 0.1) is 11.3 Å². The maximum absolute atomic E-state index is 10.8. The van der Waals surface area contributed by atoms with E-state index in [0.29, 0.717) is 11.5 Å². The summed E-state index contributed by atoms with van der Waals surface area (Å²) in [5.74, 6) is -0.176. The van der Waals surface area contributed by atoms with Crippen molar-refractivity contribution in [2.75, 3.05) is 5.73 Å². The first-order valence-electron chi connectivity index (χ1n) is 5.01. The number of pyridine rings is 1. The van der Waals surface area contributed by atoms with Crippen molar-refractivity contribution >= 4 is 17.4 Å². The molecule has 2 rings (SSSR count). The van der Waals surface area contributed by atoms with Gasteiger partial charge in [0, 0.05) is 6.20 Å². The first-order chi connectivity index (χ1) is 7.50. The van der Waals surface area contributed by atoms with Crippen LogP contribution in [0.1, 0.15) is 35.8 Å². The highest BCUT2D eigenvalue weighted by Crippen LogP contribution is 2.22. The molecule has 5 nitrogen and oxygen atoms in total. The molecule has 0 radical (unpaired) electrons. The molecule has 0 aliphatic heterocycles. The van der Waals surface area contributed by atoms with Gasteiger partial charge in [0.2, 0.25) is 0 Å². The predicted molar refractivity (Wildman–Crippen MR) is 60.7 cm³/mol. The van der Waals surface area contributed by atoms with E-state index in [2.05, 4.69) is 4.98 Å². The second kappa shape index (κ2) is 3.52. The van der Waals surface area contributed by atoms with Gasteiger partial charge in [-0.2, -0.15) is 0 Å². The number of aromatic carboxylic acids is 1. The highest BCUT2D eigenvalue weighted by Gasteiger charge is 2.13. The van der Waals surface area contributed by atoms with Crippen LogP contribution in [0.2, 0.25) is 0 Å². The average molecular weight is 219 g/mol. The molecule has 2 heterocycles. The number of hydrogen-bond donors (Lipinski definition) is 2. The van der Waals surface area contributed by atoms with Crippen LogP contribution in [0.25, 0.3) is 5.65 Å². The molecule has 0 unspecified atom stereocenters. The van der Waals surface area contributed by atoms with Gasteiger partial charge >= 0.3 is 5.97 Å². The van der Waals surface area contributed by atoms with Crippen molar-refractivity contribution in [3.05, 3.63) is 29.6 Å². The average Bonchev–Trinajstić information content (AvgIpc) is 2.55. The van der Waals surface area contributed by atoms with Gasteiger partial charge in [-0.05, 0) is 18.1 Å². The monoisotopic (exact) mass is 219 g/mol. The van der Waals surface area contributed by atoms with E-state index < -0.39 is 5.97 Å². The molecule has 0 saturated heterocycles. The standard InChI is InChI=1S/C11H13N3O2/c1-6(2)9-10(12)14-4-3-7(11(15)16)5-8(14)13-9/h3-6H,12H2,1-2H3,(H,15,16). The number of rotatable bonds is 2. The third-order valence-corrected chi connectivity index (χ3v) is 2.49. The molecule has 5 heteroatoms. The minimum absolute atomic E-state index is 0.216. The fraction of sp³-hybridized carbons (Fsp3) is 0.273. The van der Waals surface area contributed by atoms with Gasteiger partial charge in [0.1, 0.15) is 11.5 Å². The normalized spacial score (nSPS) is 11.2. The molecule has 16 heavy (non-hydrogen) atoms. The van der Waals surface area contributed by atoms with Crippen molar-refractivity contribution < 1.29 is 9.90 Å². The molecule has 0 fully saturated rings. The molecule has 0 aromatic carbocycles. The van der Waals surface area contributed by atoms with Gasteiger partial charge in [0.25, 0.3) is 0 Å². The largest absolute Gasteiger partial charge is 0.478 e. The summed E-state index contributed by atoms with van der Waals surface area (Å²) in [5.41, 5.74) is 7.50. The topological polar surface area (TPSA) is 80.6 Å². The van der Waals surface area contributed by atoms with E-state index in [1.807, 2.05) is 13.8 Å². The van der Waals surface area contributed by atoms with Gasteiger partial charge in [-0.15, -0.1) is 0 Å². The fourth-order valence-corrected chi connectivity index (χ4v) is 1.64. The molecule has 2 aromatic heterocycles. The van der Waals surface area contributed by atoms with E-state index in [9.17, 15) is 4.79 Å². The highest BCUT2D eigenvalue weighted by molar-refractivity contribution is 5.88. The van der Waals surface area contributed by atoms with Crippen molar-refractivity contribution in [3.8, 4) is 0 Å². The van der Waals surface area contributed by atoms with Crippen molar-refractivity contribution in [1.82, 2.24) is 9.38 Å². The number of aromatic nitrogens is 2. The Bertz CT molecular complexity index is 558. The summed E-state index contributed by atoms with van der Waals surface area (Å²) in [4.78, 5) is 15.1. The molecule has 2 aromatic rings. The highest BCUT2D eigenvalue weighted by atomic mass is 16.4. The zero-order chi connectivity index (χ0) is 11.9. The van der Waals surface area contributed by atoms with Crippen LogP contribution in [0.4, 0.5) is 5.82 Å². The number of fused-ring (bicyclic) bond motifs is 1. The van der Waals surface area contributed by atoms with Crippen LogP contribution in [0.5, 0.6) is 0 Å². The van der Waals surface area contributed by atoms with Gasteiger partial charge in [0.15, 0.2) is 0 Å². The molecule has 0 atom stereocenters. The zero-order valence-corrected chi connectivity index (χ0v) is 9.14. The van der Waals surface area contributed by atoms with E-state index in [1.165, 1.54) is 12.1 Å². The molecule has 0 aliphatic carbocycles. The summed E-state index contributed by atoms with van der Waals surface area (Å²) < 4.78 is 1.70. The van der Waals surface area contributed by atoms with E-state index in [-0.39, 0.29) is 11.5 Å². The maximum Gasteiger partial charge on any atom is 0.335 e. The molecule has 0 aliphatic rings. The summed E-state index contributed by atoms with van der Waals surface area (Å²) >= 11 is 0. The Morgan fingerprint density at radius 2 is 2.25 bits per heavy atom. The van der Waals surface area contributed by atoms with E-state index in [4.69, 9.17) is 10.8 Å². The summed E-state index contributed by atoms with van der Waals surface area (Å²) in [5, 5.41) is 8.86. The SMILES string of the molecule is CC(C)c1nc2cc(C(=O)O)ccn2c1N. The van der Waals surface area contributed by atoms with Crippen LogP contribution >= 0.6 is 0 Å². The van der Waals surface area contributed by atoms with Gasteiger partial charge in [-0.3, -0.25) is 4.40 Å². The third-order valence-electron chi connectivity index (χ3n) is 2.49. The van der Waals surface area contributed by atoms with E-state index in [0.717, 1.165) is 5.69 Å². The van der Waals surface area contributed by atoms with Crippen LogP contribution in [0, 0.1) is 0 Å². The summed E-state index contributed by atoms with van der Waals surface area (Å²) in [6.07, 6.45) is 1.63. The Labute approximate surface area is 92.5 Å². The number of carboxylic acid groups (broad SMARTS) is 1. The van der Waals surface area contributed by atoms with Gasteiger partial charge in [-0.25, -0.2) is 9.78 Å². The Morgan fingerprint density at radius 3 is 2.81 bits per heavy atom. The molecule has 0 amide bonds. The second-order valence-electron chi connectivity index (χ2n) is 3.99. The van der Waals surface area contributed by atoms with Gasteiger partial charge in [-0.1, -0.05) is 13.8 Å². The van der Waals surface area contributed by atoms with Crippen molar-refractivity contribution in [1.29, 1.82) is 0 Å². The molecular weight excluding hydrogens is 206 g/mol. The maximum atomic E-state index is 10.8. The number of carbonyl (C=O) groups is 1. The lowest BCUT2D eigenvalue weighted by atomic mass is 10.1. The third kappa shape index (κ3) is 1.50. The quantitative estimate of drug-likeness (QED) is 0.806. The number of anilines is 1. The van der Waals surface area contributed by atoms with Crippen LogP contribution in [-0.4, -0.2) is 20.5 Å². The number of nitrogen functional groups attached to an aromatic ring is 1. The first kappa shape index (κ1) is 10.5. The summed E-state index contributed by atoms with van der Waals surface area (Å²) in [6.45, 7) is 3.99. The lowest BCUT2D eigenvalue weighted by molar-refractivity contribution is 0.0697. The van der Waals surface area contributed by atoms with E-state index >= 15 is 0 Å². The lowest BCUT2D eigenvalue weighted by Gasteiger charge is -2.01. The molecule has 0 saturated carbocycles. The number of nitrogens with zero attached hydrogens (tertiary/aromatic N) is 2. The van der Waals surface area contributed by atoms with Crippen LogP contribution in [0.3, 0.4) is 0 Å². The van der Waals surface area contributed by atoms with Crippen molar-refractivity contribution in [3.63, 3.8) is 0 Å². The van der Waals surface area contributed by atoms with Crippen molar-refractivity contribution in [2.24, 2.45) is 0 Å². The molecular formula is C11H13N3O2. The summed E-state index contributed by atoms with van der Waals surface area (Å²) in [6, 6.07) is 3.03. The second-order valence-corrected chi connectivity index (χ2v) is 3.99. The smallest absolute Gasteiger partial charge is 0.335 e. The minimum Gasteiger partial charge on any atom is -0.478 e. The van der Waals surface area contributed by atoms with Gasteiger partial charge < -0.3 is 10.8 Å². The Kier molecular flexibility index (Phi) is 2.30. The minimum atomic E-state index is -0.963. The first-order valence-corrected chi connectivity index (χ1v) is 5.01. The zero-order valence-electron chi connectivity index (χ0n) is 9.14. The molecule has 0 bridgehead atoms. The van der Waals surface area contributed by atoms with E-state index in [1.54, 1.807) is 10.6 Å². The molecule has 84 valence electrons. The number of carboxylic acids is 1. The Hall–Kier alpha value is -2.04. The number of hydrogen-bond acceptors (Lipinski definition) is 3. The Morgan fingerprint density at radius 1 is 1.56 bits per heavy atom. The lowest BCUT2D eigenvalue weighted by Crippen LogP contribution is -1.99. The van der Waals surface area contributed by atoms with Crippen LogP contribution in [0.15, 0.2) is 18.3 Å². The fourth-order valence-electron chi connectivity index (χ4n) is 1.64. The Balaban J connectivity index is 2.67. The number of nitrogens with two attached hydrogens (primary N) is 1. The van der Waals surface area contributed by atoms with Crippen molar-refractivity contribution in [2.45, 2.75) is 19.8 Å². The molecule has 0 spiro atoms. The van der Waals surface area contributed by atoms with Crippen LogP contribution < -0.4 is 5.73 Å². The molecule has 3 N–H and O–H groups in total.